The Balaban J connectivity index is 2.00. The highest BCUT2D eigenvalue weighted by Gasteiger charge is 2.41. The zero-order valence-corrected chi connectivity index (χ0v) is 11.3. The zero-order chi connectivity index (χ0) is 11.7. The van der Waals surface area contributed by atoms with Crippen LogP contribution >= 0.6 is 0 Å². The maximum Gasteiger partial charge on any atom is 0.0691 e. The molecule has 0 aromatic rings. The van der Waals surface area contributed by atoms with Crippen LogP contribution in [0.1, 0.15) is 33.1 Å². The van der Waals surface area contributed by atoms with Gasteiger partial charge in [0.1, 0.15) is 0 Å². The van der Waals surface area contributed by atoms with Crippen molar-refractivity contribution in [2.45, 2.75) is 55.8 Å². The summed E-state index contributed by atoms with van der Waals surface area (Å²) < 4.78 is 18.1. The van der Waals surface area contributed by atoms with Gasteiger partial charge in [-0.05, 0) is 39.2 Å². The summed E-state index contributed by atoms with van der Waals surface area (Å²) in [7, 11) is 1.29. The number of rotatable bonds is 3. The summed E-state index contributed by atoms with van der Waals surface area (Å²) in [5.41, 5.74) is 0. The standard InChI is InChI=1S/C12H23NO2S/c1-8-10(13-3)4-5-11(8)16(14)12-6-7-15-9(12)2/h8-13H,4-7H2,1-3H3. The first-order chi connectivity index (χ1) is 7.65. The fourth-order valence-corrected chi connectivity index (χ4v) is 5.32. The van der Waals surface area contributed by atoms with Gasteiger partial charge in [-0.2, -0.15) is 0 Å². The molecule has 0 bridgehead atoms. The van der Waals surface area contributed by atoms with Gasteiger partial charge >= 0.3 is 0 Å². The highest BCUT2D eigenvalue weighted by atomic mass is 32.2. The molecule has 1 saturated carbocycles. The fraction of sp³-hybridized carbons (Fsp3) is 1.00. The Morgan fingerprint density at radius 2 is 1.94 bits per heavy atom. The lowest BCUT2D eigenvalue weighted by atomic mass is 10.1. The zero-order valence-electron chi connectivity index (χ0n) is 10.4. The molecule has 0 aromatic carbocycles. The van der Waals surface area contributed by atoms with Gasteiger partial charge in [0.15, 0.2) is 0 Å². The molecule has 2 fully saturated rings. The molecule has 16 heavy (non-hydrogen) atoms. The van der Waals surface area contributed by atoms with Crippen LogP contribution in [0.3, 0.4) is 0 Å². The Hall–Kier alpha value is 0.0700. The molecule has 1 aliphatic heterocycles. The van der Waals surface area contributed by atoms with E-state index >= 15 is 0 Å². The van der Waals surface area contributed by atoms with E-state index in [-0.39, 0.29) is 11.4 Å². The smallest absolute Gasteiger partial charge is 0.0691 e. The molecule has 2 aliphatic rings. The molecule has 6 unspecified atom stereocenters. The average Bonchev–Trinajstić information content (AvgIpc) is 2.84. The highest BCUT2D eigenvalue weighted by Crippen LogP contribution is 2.33. The SMILES string of the molecule is CNC1CCC(S(=O)C2CCOC2C)C1C. The first-order valence-electron chi connectivity index (χ1n) is 6.33. The summed E-state index contributed by atoms with van der Waals surface area (Å²) in [6.07, 6.45) is 3.42. The average molecular weight is 245 g/mol. The number of ether oxygens (including phenoxy) is 1. The molecule has 3 nitrogen and oxygen atoms in total. The summed E-state index contributed by atoms with van der Waals surface area (Å²) in [6, 6.07) is 0.548. The van der Waals surface area contributed by atoms with Crippen LogP contribution in [-0.4, -0.2) is 40.5 Å². The van der Waals surface area contributed by atoms with E-state index in [0.717, 1.165) is 25.9 Å². The highest BCUT2D eigenvalue weighted by molar-refractivity contribution is 7.86. The van der Waals surface area contributed by atoms with E-state index in [1.807, 2.05) is 7.05 Å². The third-order valence-corrected chi connectivity index (χ3v) is 6.74. The second-order valence-corrected chi connectivity index (χ2v) is 6.97. The summed E-state index contributed by atoms with van der Waals surface area (Å²) in [6.45, 7) is 5.08. The molecule has 0 amide bonds. The van der Waals surface area contributed by atoms with Crippen molar-refractivity contribution in [2.24, 2.45) is 5.92 Å². The van der Waals surface area contributed by atoms with Crippen molar-refractivity contribution in [2.75, 3.05) is 13.7 Å². The van der Waals surface area contributed by atoms with Crippen LogP contribution in [0.2, 0.25) is 0 Å². The molecule has 1 aliphatic carbocycles. The van der Waals surface area contributed by atoms with Crippen LogP contribution in [0.25, 0.3) is 0 Å². The monoisotopic (exact) mass is 245 g/mol. The molecule has 1 saturated heterocycles. The van der Waals surface area contributed by atoms with Crippen molar-refractivity contribution in [3.63, 3.8) is 0 Å². The summed E-state index contributed by atoms with van der Waals surface area (Å²) in [5.74, 6) is 0.527. The van der Waals surface area contributed by atoms with Crippen LogP contribution in [0.4, 0.5) is 0 Å². The van der Waals surface area contributed by atoms with E-state index in [9.17, 15) is 4.21 Å². The Morgan fingerprint density at radius 3 is 2.44 bits per heavy atom. The topological polar surface area (TPSA) is 38.3 Å². The molecule has 4 heteroatoms. The predicted molar refractivity (Wildman–Crippen MR) is 67.0 cm³/mol. The van der Waals surface area contributed by atoms with Gasteiger partial charge in [0.2, 0.25) is 0 Å². The fourth-order valence-electron chi connectivity index (χ4n) is 3.11. The third kappa shape index (κ3) is 2.20. The predicted octanol–water partition coefficient (Wildman–Crippen LogP) is 1.30. The third-order valence-electron chi connectivity index (χ3n) is 4.26. The molecule has 0 radical (unpaired) electrons. The number of hydrogen-bond acceptors (Lipinski definition) is 3. The molecule has 0 spiro atoms. The van der Waals surface area contributed by atoms with Crippen LogP contribution < -0.4 is 5.32 Å². The van der Waals surface area contributed by atoms with Gasteiger partial charge in [-0.3, -0.25) is 4.21 Å². The summed E-state index contributed by atoms with van der Waals surface area (Å²) in [4.78, 5) is 0. The maximum absolute atomic E-state index is 12.5. The van der Waals surface area contributed by atoms with Crippen LogP contribution in [0, 0.1) is 5.92 Å². The second kappa shape index (κ2) is 5.15. The minimum absolute atomic E-state index is 0.182. The lowest BCUT2D eigenvalue weighted by molar-refractivity contribution is 0.126. The molecule has 2 rings (SSSR count). The van der Waals surface area contributed by atoms with Crippen molar-refractivity contribution in [1.29, 1.82) is 0 Å². The normalized spacial score (nSPS) is 46.1. The van der Waals surface area contributed by atoms with Gasteiger partial charge in [-0.15, -0.1) is 0 Å². The van der Waals surface area contributed by atoms with Gasteiger partial charge in [0, 0.05) is 28.7 Å². The van der Waals surface area contributed by atoms with E-state index in [2.05, 4.69) is 19.2 Å². The van der Waals surface area contributed by atoms with Crippen molar-refractivity contribution in [3.05, 3.63) is 0 Å². The van der Waals surface area contributed by atoms with E-state index in [1.165, 1.54) is 0 Å². The first kappa shape index (κ1) is 12.5. The van der Waals surface area contributed by atoms with Gasteiger partial charge < -0.3 is 10.1 Å². The summed E-state index contributed by atoms with van der Waals surface area (Å²) >= 11 is 0. The Morgan fingerprint density at radius 1 is 1.19 bits per heavy atom. The minimum Gasteiger partial charge on any atom is -0.377 e. The van der Waals surface area contributed by atoms with E-state index in [4.69, 9.17) is 4.74 Å². The number of hydrogen-bond donors (Lipinski definition) is 1. The summed E-state index contributed by atoms with van der Waals surface area (Å²) in [5, 5.41) is 3.97. The van der Waals surface area contributed by atoms with Gasteiger partial charge in [0.05, 0.1) is 11.4 Å². The molecular weight excluding hydrogens is 222 g/mol. The largest absolute Gasteiger partial charge is 0.377 e. The maximum atomic E-state index is 12.5. The van der Waals surface area contributed by atoms with Gasteiger partial charge in [-0.25, -0.2) is 0 Å². The number of nitrogens with one attached hydrogen (secondary N) is 1. The molecule has 94 valence electrons. The lowest BCUT2D eigenvalue weighted by Gasteiger charge is -2.24. The van der Waals surface area contributed by atoms with Crippen LogP contribution in [-0.2, 0) is 15.5 Å². The molecule has 0 aromatic heterocycles. The van der Waals surface area contributed by atoms with Gasteiger partial charge in [-0.1, -0.05) is 6.92 Å². The molecule has 6 atom stereocenters. The van der Waals surface area contributed by atoms with E-state index in [1.54, 1.807) is 0 Å². The Bertz CT molecular complexity index is 272. The van der Waals surface area contributed by atoms with Crippen LogP contribution in [0.15, 0.2) is 0 Å². The van der Waals surface area contributed by atoms with Crippen molar-refractivity contribution in [1.82, 2.24) is 5.32 Å². The van der Waals surface area contributed by atoms with Crippen LogP contribution in [0.5, 0.6) is 0 Å². The first-order valence-corrected chi connectivity index (χ1v) is 7.61. The lowest BCUT2D eigenvalue weighted by Crippen LogP contribution is -2.37. The van der Waals surface area contributed by atoms with E-state index < -0.39 is 10.8 Å². The van der Waals surface area contributed by atoms with E-state index in [0.29, 0.717) is 17.2 Å². The minimum atomic E-state index is -0.718. The second-order valence-electron chi connectivity index (χ2n) is 5.10. The van der Waals surface area contributed by atoms with Crippen molar-refractivity contribution < 1.29 is 8.95 Å². The Kier molecular flexibility index (Phi) is 4.03. The van der Waals surface area contributed by atoms with Crippen molar-refractivity contribution >= 4 is 10.8 Å². The molecular formula is C12H23NO2S. The molecule has 1 heterocycles. The van der Waals surface area contributed by atoms with Gasteiger partial charge in [0.25, 0.3) is 0 Å². The molecule has 1 N–H and O–H groups in total. The van der Waals surface area contributed by atoms with Crippen molar-refractivity contribution in [3.8, 4) is 0 Å². The quantitative estimate of drug-likeness (QED) is 0.814. The Labute approximate surface area is 101 Å².